The van der Waals surface area contributed by atoms with Gasteiger partial charge >= 0.3 is 35.5 Å². The molecule has 0 aromatic carbocycles. The second-order valence-electron chi connectivity index (χ2n) is 4.66. The van der Waals surface area contributed by atoms with Gasteiger partial charge in [0, 0.05) is 0 Å². The van der Waals surface area contributed by atoms with Crippen LogP contribution in [0.2, 0.25) is 0 Å². The molecule has 0 fully saturated rings. The summed E-state index contributed by atoms with van der Waals surface area (Å²) < 4.78 is 12.7. The number of hydrogen-bond donors (Lipinski definition) is 6. The number of nitrogens with one attached hydrogen (secondary N) is 2. The molecule has 0 unspecified atom stereocenters. The number of hydrogen-bond acceptors (Lipinski definition) is 10. The second kappa shape index (κ2) is 22.1. The van der Waals surface area contributed by atoms with Crippen molar-refractivity contribution in [2.24, 2.45) is 0 Å². The van der Waals surface area contributed by atoms with Crippen LogP contribution in [0.15, 0.2) is 52.3 Å². The van der Waals surface area contributed by atoms with Gasteiger partial charge in [0.05, 0.1) is 13.2 Å². The molecule has 1 aromatic rings. The predicted molar refractivity (Wildman–Crippen MR) is 112 cm³/mol. The molecule has 0 spiro atoms. The molecule has 1 aromatic heterocycles. The lowest BCUT2D eigenvalue weighted by Crippen LogP contribution is -2.43. The van der Waals surface area contributed by atoms with Gasteiger partial charge in [-0.3, -0.25) is 9.97 Å². The highest BCUT2D eigenvalue weighted by Crippen LogP contribution is 1.74. The molecular weight excluding hydrogens is 454 g/mol. The van der Waals surface area contributed by atoms with E-state index in [1.54, 1.807) is 0 Å². The molecule has 0 atom stereocenters. The van der Waals surface area contributed by atoms with E-state index in [0.29, 0.717) is 4.57 Å². The molecule has 186 valence electrons. The normalized spacial score (nSPS) is 8.39. The maximum atomic E-state index is 10.8. The maximum Gasteiger partial charge on any atom is 0.506 e. The minimum Gasteiger partial charge on any atom is -0.450 e. The van der Waals surface area contributed by atoms with E-state index < -0.39 is 35.5 Å². The lowest BCUT2D eigenvalue weighted by atomic mass is 10.7. The minimum atomic E-state index is -1.26. The number of H-pyrrole nitrogens is 2. The van der Waals surface area contributed by atoms with E-state index >= 15 is 0 Å². The van der Waals surface area contributed by atoms with Crippen LogP contribution in [-0.2, 0) is 20.8 Å². The molecule has 1 heterocycles. The first-order valence-electron chi connectivity index (χ1n) is 8.40. The average Bonchev–Trinajstić information content (AvgIpc) is 2.73. The zero-order valence-corrected chi connectivity index (χ0v) is 17.3. The van der Waals surface area contributed by atoms with Gasteiger partial charge in [0.15, 0.2) is 0 Å². The molecule has 0 aliphatic heterocycles. The largest absolute Gasteiger partial charge is 0.506 e. The fourth-order valence-electron chi connectivity index (χ4n) is 1.15. The molecule has 16 heteroatoms. The first-order valence-corrected chi connectivity index (χ1v) is 8.40. The Bertz CT molecular complexity index is 827. The van der Waals surface area contributed by atoms with Crippen molar-refractivity contribution < 1.29 is 49.0 Å². The lowest BCUT2D eigenvalue weighted by Gasteiger charge is -1.97. The van der Waals surface area contributed by atoms with Gasteiger partial charge in [-0.2, -0.15) is 0 Å². The summed E-state index contributed by atoms with van der Waals surface area (Å²) >= 11 is 0. The number of ether oxygens (including phenoxy) is 3. The number of nitrogens with zero attached hydrogens (tertiary/aromatic N) is 1. The predicted octanol–water partition coefficient (Wildman–Crippen LogP) is -0.182. The fraction of sp³-hybridized carbons (Fsp3) is 0.294. The Labute approximate surface area is 185 Å². The maximum absolute atomic E-state index is 10.8. The summed E-state index contributed by atoms with van der Waals surface area (Å²) in [7, 11) is 0. The summed E-state index contributed by atoms with van der Waals surface area (Å²) in [6, 6.07) is 0. The van der Waals surface area contributed by atoms with Crippen molar-refractivity contribution in [3.63, 3.8) is 0 Å². The number of rotatable bonds is 8. The van der Waals surface area contributed by atoms with E-state index in [0.717, 1.165) is 0 Å². The molecule has 6 N–H and O–H groups in total. The summed E-state index contributed by atoms with van der Waals surface area (Å²) in [5.41, 5.74) is -2.49. The van der Waals surface area contributed by atoms with E-state index in [2.05, 4.69) is 33.9 Å². The zero-order valence-electron chi connectivity index (χ0n) is 17.3. The van der Waals surface area contributed by atoms with Crippen molar-refractivity contribution in [2.75, 3.05) is 26.4 Å². The van der Waals surface area contributed by atoms with E-state index in [1.807, 2.05) is 9.97 Å². The molecule has 1 rings (SSSR count). The van der Waals surface area contributed by atoms with E-state index in [1.165, 1.54) is 18.2 Å². The van der Waals surface area contributed by atoms with Gasteiger partial charge in [0.2, 0.25) is 0 Å². The Balaban J connectivity index is -0.000000379. The third kappa shape index (κ3) is 25.4. The standard InChI is InChI=1S/C5H7N3O4.3C4H6O3/c9-2-1-8-4(11)6-3(10)7-5(8)12;3*1-2-3-7-4(5)6/h9H,1-2H2,(H2,6,7,10,11,12);3*2H,1,3H2,(H,5,6). The highest BCUT2D eigenvalue weighted by Gasteiger charge is 2.00. The summed E-state index contributed by atoms with van der Waals surface area (Å²) in [6.07, 6.45) is 0.316. The summed E-state index contributed by atoms with van der Waals surface area (Å²) in [6.45, 7) is 9.46. The van der Waals surface area contributed by atoms with Crippen LogP contribution < -0.4 is 17.1 Å². The number of aromatic nitrogens is 3. The molecule has 0 aliphatic carbocycles. The Kier molecular flexibility index (Phi) is 22.1. The van der Waals surface area contributed by atoms with Crippen LogP contribution in [0.1, 0.15) is 0 Å². The van der Waals surface area contributed by atoms with Gasteiger partial charge in [0.1, 0.15) is 19.8 Å². The van der Waals surface area contributed by atoms with Crippen LogP contribution in [0.3, 0.4) is 0 Å². The second-order valence-corrected chi connectivity index (χ2v) is 4.66. The van der Waals surface area contributed by atoms with Crippen molar-refractivity contribution in [3.05, 3.63) is 69.4 Å². The van der Waals surface area contributed by atoms with Crippen LogP contribution in [0.25, 0.3) is 0 Å². The third-order valence-corrected chi connectivity index (χ3v) is 2.23. The quantitative estimate of drug-likeness (QED) is 0.161. The van der Waals surface area contributed by atoms with Gasteiger partial charge in [-0.1, -0.05) is 38.0 Å². The van der Waals surface area contributed by atoms with Crippen molar-refractivity contribution in [2.45, 2.75) is 6.54 Å². The van der Waals surface area contributed by atoms with Crippen LogP contribution in [0, 0.1) is 0 Å². The van der Waals surface area contributed by atoms with Gasteiger partial charge < -0.3 is 34.6 Å². The summed E-state index contributed by atoms with van der Waals surface area (Å²) in [5.74, 6) is 0. The summed E-state index contributed by atoms with van der Waals surface area (Å²) in [4.78, 5) is 64.3. The van der Waals surface area contributed by atoms with Crippen molar-refractivity contribution >= 4 is 18.5 Å². The number of carboxylic acid groups (broad SMARTS) is 3. The van der Waals surface area contributed by atoms with Gasteiger partial charge in [-0.25, -0.2) is 33.3 Å². The van der Waals surface area contributed by atoms with Crippen molar-refractivity contribution in [1.82, 2.24) is 14.5 Å². The zero-order chi connectivity index (χ0) is 26.2. The van der Waals surface area contributed by atoms with Gasteiger partial charge in [-0.15, -0.1) is 0 Å². The first-order chi connectivity index (χ1) is 15.5. The highest BCUT2D eigenvalue weighted by molar-refractivity contribution is 5.57. The van der Waals surface area contributed by atoms with E-state index in [9.17, 15) is 28.8 Å². The molecule has 0 radical (unpaired) electrons. The number of aliphatic hydroxyl groups excluding tert-OH is 1. The molecule has 0 aliphatic rings. The lowest BCUT2D eigenvalue weighted by molar-refractivity contribution is 0.101. The highest BCUT2D eigenvalue weighted by atomic mass is 16.7. The molecule has 0 saturated heterocycles. The third-order valence-electron chi connectivity index (χ3n) is 2.23. The smallest absolute Gasteiger partial charge is 0.450 e. The number of carbonyl (C=O) groups is 3. The van der Waals surface area contributed by atoms with Gasteiger partial charge in [0.25, 0.3) is 0 Å². The molecule has 0 amide bonds. The molecule has 33 heavy (non-hydrogen) atoms. The molecule has 16 nitrogen and oxygen atoms in total. The number of aliphatic hydroxyl groups is 1. The SMILES string of the molecule is C=CCOC(=O)O.C=CCOC(=O)O.C=CCOC(=O)O.O=c1[nH]c(=O)n(CCO)c(=O)[nH]1. The fourth-order valence-corrected chi connectivity index (χ4v) is 1.15. The Hall–Kier alpha value is -4.60. The number of aromatic amines is 2. The molecular formula is C17H25N3O13. The monoisotopic (exact) mass is 479 g/mol. The topological polar surface area (TPSA) is 248 Å². The van der Waals surface area contributed by atoms with Crippen molar-refractivity contribution in [3.8, 4) is 0 Å². The average molecular weight is 479 g/mol. The minimum absolute atomic E-state index is 0.0648. The molecule has 0 bridgehead atoms. The Morgan fingerprint density at radius 1 is 0.758 bits per heavy atom. The van der Waals surface area contributed by atoms with E-state index in [4.69, 9.17) is 20.4 Å². The van der Waals surface area contributed by atoms with Crippen molar-refractivity contribution in [1.29, 1.82) is 0 Å². The summed E-state index contributed by atoms with van der Waals surface area (Å²) in [5, 5.41) is 31.8. The Morgan fingerprint density at radius 3 is 1.24 bits per heavy atom. The first kappa shape index (κ1) is 33.0. The van der Waals surface area contributed by atoms with Crippen LogP contribution in [-0.4, -0.2) is 79.9 Å². The van der Waals surface area contributed by atoms with Gasteiger partial charge in [-0.05, 0) is 0 Å². The Morgan fingerprint density at radius 2 is 1.06 bits per heavy atom. The van der Waals surface area contributed by atoms with Crippen LogP contribution in [0.5, 0.6) is 0 Å². The van der Waals surface area contributed by atoms with Crippen LogP contribution >= 0.6 is 0 Å². The molecule has 0 saturated carbocycles. The van der Waals surface area contributed by atoms with E-state index in [-0.39, 0.29) is 33.0 Å². The van der Waals surface area contributed by atoms with Crippen LogP contribution in [0.4, 0.5) is 14.4 Å².